The lowest BCUT2D eigenvalue weighted by atomic mass is 10.2. The van der Waals surface area contributed by atoms with Crippen molar-refractivity contribution >= 4 is 50.8 Å². The number of anilines is 1. The third kappa shape index (κ3) is 3.74. The molecule has 0 radical (unpaired) electrons. The van der Waals surface area contributed by atoms with Crippen LogP contribution in [0.15, 0.2) is 16.6 Å². The Morgan fingerprint density at radius 2 is 2.18 bits per heavy atom. The Hall–Kier alpha value is -0.490. The molecule has 0 amide bonds. The lowest BCUT2D eigenvalue weighted by Gasteiger charge is -2.16. The van der Waals surface area contributed by atoms with Crippen LogP contribution in [0.25, 0.3) is 0 Å². The Bertz CT molecular complexity index is 428. The van der Waals surface area contributed by atoms with E-state index in [2.05, 4.69) is 21.2 Å². The zero-order chi connectivity index (χ0) is 13.0. The minimum absolute atomic E-state index is 0.0271. The molecule has 0 aliphatic carbocycles. The molecule has 0 heterocycles. The summed E-state index contributed by atoms with van der Waals surface area (Å²) in [5.41, 5.74) is 0.448. The molecule has 0 saturated carbocycles. The number of benzene rings is 1. The highest BCUT2D eigenvalue weighted by atomic mass is 79.9. The van der Waals surface area contributed by atoms with E-state index in [-0.39, 0.29) is 11.6 Å². The van der Waals surface area contributed by atoms with Gasteiger partial charge in [-0.15, -0.1) is 0 Å². The molecule has 1 atom stereocenters. The quantitative estimate of drug-likeness (QED) is 0.806. The summed E-state index contributed by atoms with van der Waals surface area (Å²) in [5.74, 6) is -1.03. The number of carbonyl (C=O) groups is 1. The van der Waals surface area contributed by atoms with Gasteiger partial charge in [0.1, 0.15) is 6.04 Å². The molecule has 0 bridgehead atoms. The van der Waals surface area contributed by atoms with Crippen molar-refractivity contribution in [2.75, 3.05) is 19.0 Å². The standard InChI is InChI=1S/C10H10BrCl2NO3/c1-17-4-7(10(15)16)14-6-3-2-5(11)8(12)9(6)13/h2-3,7,14H,4H2,1H3,(H,15,16). The van der Waals surface area contributed by atoms with E-state index in [0.717, 1.165) is 0 Å². The van der Waals surface area contributed by atoms with Crippen molar-refractivity contribution in [1.82, 2.24) is 0 Å². The zero-order valence-corrected chi connectivity index (χ0v) is 11.9. The molecule has 2 N–H and O–H groups in total. The molecule has 1 unspecified atom stereocenters. The second-order valence-corrected chi connectivity index (χ2v) is 4.82. The molecule has 0 aliphatic heterocycles. The van der Waals surface area contributed by atoms with Crippen molar-refractivity contribution in [3.8, 4) is 0 Å². The summed E-state index contributed by atoms with van der Waals surface area (Å²) >= 11 is 15.1. The molecular weight excluding hydrogens is 333 g/mol. The number of rotatable bonds is 5. The molecule has 1 aromatic rings. The van der Waals surface area contributed by atoms with Gasteiger partial charge in [0.15, 0.2) is 0 Å². The van der Waals surface area contributed by atoms with E-state index < -0.39 is 12.0 Å². The summed E-state index contributed by atoms with van der Waals surface area (Å²) in [7, 11) is 1.42. The van der Waals surface area contributed by atoms with Gasteiger partial charge >= 0.3 is 5.97 Å². The molecule has 94 valence electrons. The maximum atomic E-state index is 10.9. The van der Waals surface area contributed by atoms with Gasteiger partial charge in [-0.05, 0) is 28.1 Å². The normalized spacial score (nSPS) is 12.2. The lowest BCUT2D eigenvalue weighted by molar-refractivity contribution is -0.139. The van der Waals surface area contributed by atoms with Gasteiger partial charge in [0, 0.05) is 11.6 Å². The molecule has 0 saturated heterocycles. The van der Waals surface area contributed by atoms with Crippen molar-refractivity contribution in [2.24, 2.45) is 0 Å². The van der Waals surface area contributed by atoms with Crippen molar-refractivity contribution < 1.29 is 14.6 Å². The Morgan fingerprint density at radius 3 is 2.71 bits per heavy atom. The first-order valence-corrected chi connectivity index (χ1v) is 6.14. The van der Waals surface area contributed by atoms with Gasteiger partial charge in [-0.1, -0.05) is 23.2 Å². The Kier molecular flexibility index (Phi) is 5.52. The molecule has 0 aromatic heterocycles. The number of halogens is 3. The van der Waals surface area contributed by atoms with E-state index in [1.165, 1.54) is 7.11 Å². The van der Waals surface area contributed by atoms with E-state index >= 15 is 0 Å². The van der Waals surface area contributed by atoms with Gasteiger partial charge in [0.05, 0.1) is 22.3 Å². The van der Waals surface area contributed by atoms with Gasteiger partial charge in [-0.25, -0.2) is 4.79 Å². The number of ether oxygens (including phenoxy) is 1. The molecule has 0 spiro atoms. The zero-order valence-electron chi connectivity index (χ0n) is 8.84. The third-order valence-electron chi connectivity index (χ3n) is 2.00. The summed E-state index contributed by atoms with van der Waals surface area (Å²) in [6, 6.07) is 2.45. The number of nitrogens with one attached hydrogen (secondary N) is 1. The Labute approximate surface area is 117 Å². The summed E-state index contributed by atoms with van der Waals surface area (Å²) in [6.07, 6.45) is 0. The Morgan fingerprint density at radius 1 is 1.53 bits per heavy atom. The van der Waals surface area contributed by atoms with E-state index in [1.54, 1.807) is 12.1 Å². The van der Waals surface area contributed by atoms with Gasteiger partial charge in [0.25, 0.3) is 0 Å². The number of hydrogen-bond acceptors (Lipinski definition) is 3. The van der Waals surface area contributed by atoms with Crippen LogP contribution in [0.3, 0.4) is 0 Å². The van der Waals surface area contributed by atoms with Crippen molar-refractivity contribution in [2.45, 2.75) is 6.04 Å². The molecule has 4 nitrogen and oxygen atoms in total. The largest absolute Gasteiger partial charge is 0.480 e. The first-order chi connectivity index (χ1) is 7.97. The molecule has 0 fully saturated rings. The fraction of sp³-hybridized carbons (Fsp3) is 0.300. The lowest BCUT2D eigenvalue weighted by Crippen LogP contribution is -2.33. The van der Waals surface area contributed by atoms with E-state index in [1.807, 2.05) is 0 Å². The molecule has 0 aliphatic rings. The monoisotopic (exact) mass is 341 g/mol. The van der Waals surface area contributed by atoms with E-state index in [4.69, 9.17) is 33.0 Å². The molecule has 1 aromatic carbocycles. The SMILES string of the molecule is COCC(Nc1ccc(Br)c(Cl)c1Cl)C(=O)O. The number of hydrogen-bond donors (Lipinski definition) is 2. The predicted molar refractivity (Wildman–Crippen MR) is 71.1 cm³/mol. The van der Waals surface area contributed by atoms with Crippen LogP contribution >= 0.6 is 39.1 Å². The van der Waals surface area contributed by atoms with Crippen LogP contribution < -0.4 is 5.32 Å². The van der Waals surface area contributed by atoms with Crippen LogP contribution in [-0.4, -0.2) is 30.8 Å². The van der Waals surface area contributed by atoms with Crippen LogP contribution in [0.4, 0.5) is 5.69 Å². The summed E-state index contributed by atoms with van der Waals surface area (Å²) in [5, 5.41) is 12.3. The average Bonchev–Trinajstić information content (AvgIpc) is 2.28. The predicted octanol–water partition coefficient (Wildman–Crippen LogP) is 3.27. The number of methoxy groups -OCH3 is 1. The van der Waals surface area contributed by atoms with Crippen LogP contribution in [0.5, 0.6) is 0 Å². The molecule has 17 heavy (non-hydrogen) atoms. The smallest absolute Gasteiger partial charge is 0.328 e. The topological polar surface area (TPSA) is 58.6 Å². The van der Waals surface area contributed by atoms with E-state index in [9.17, 15) is 4.79 Å². The second kappa shape index (κ2) is 6.44. The average molecular weight is 343 g/mol. The molecular formula is C10H10BrCl2NO3. The first kappa shape index (κ1) is 14.6. The van der Waals surface area contributed by atoms with Crippen molar-refractivity contribution in [3.63, 3.8) is 0 Å². The molecule has 7 heteroatoms. The van der Waals surface area contributed by atoms with E-state index in [0.29, 0.717) is 15.2 Å². The number of carboxylic acid groups (broad SMARTS) is 1. The van der Waals surface area contributed by atoms with Gasteiger partial charge in [-0.2, -0.15) is 0 Å². The first-order valence-electron chi connectivity index (χ1n) is 4.59. The summed E-state index contributed by atoms with van der Waals surface area (Å²) in [4.78, 5) is 10.9. The highest BCUT2D eigenvalue weighted by Crippen LogP contribution is 2.36. The van der Waals surface area contributed by atoms with Crippen LogP contribution in [0, 0.1) is 0 Å². The number of aliphatic carboxylic acids is 1. The summed E-state index contributed by atoms with van der Waals surface area (Å²) < 4.78 is 5.45. The van der Waals surface area contributed by atoms with Gasteiger partial charge in [-0.3, -0.25) is 0 Å². The van der Waals surface area contributed by atoms with Gasteiger partial charge < -0.3 is 15.2 Å². The fourth-order valence-electron chi connectivity index (χ4n) is 1.17. The van der Waals surface area contributed by atoms with Crippen LogP contribution in [0.1, 0.15) is 0 Å². The summed E-state index contributed by atoms with van der Waals surface area (Å²) in [6.45, 7) is 0.0271. The number of carboxylic acids is 1. The van der Waals surface area contributed by atoms with Crippen LogP contribution in [0.2, 0.25) is 10.0 Å². The Balaban J connectivity index is 2.94. The fourth-order valence-corrected chi connectivity index (χ4v) is 2.00. The van der Waals surface area contributed by atoms with Gasteiger partial charge in [0.2, 0.25) is 0 Å². The molecule has 1 rings (SSSR count). The van der Waals surface area contributed by atoms with Crippen molar-refractivity contribution in [1.29, 1.82) is 0 Å². The minimum atomic E-state index is -1.03. The highest BCUT2D eigenvalue weighted by Gasteiger charge is 2.19. The maximum absolute atomic E-state index is 10.9. The highest BCUT2D eigenvalue weighted by molar-refractivity contribution is 9.10. The second-order valence-electron chi connectivity index (χ2n) is 3.21. The van der Waals surface area contributed by atoms with Crippen molar-refractivity contribution in [3.05, 3.63) is 26.7 Å². The van der Waals surface area contributed by atoms with Crippen LogP contribution in [-0.2, 0) is 9.53 Å². The maximum Gasteiger partial charge on any atom is 0.328 e. The minimum Gasteiger partial charge on any atom is -0.480 e. The third-order valence-corrected chi connectivity index (χ3v) is 3.77.